The third kappa shape index (κ3) is 2.46. The molecule has 102 valence electrons. The van der Waals surface area contributed by atoms with Crippen LogP contribution < -0.4 is 5.73 Å². The fourth-order valence-corrected chi connectivity index (χ4v) is 3.04. The number of rotatable bonds is 5. The van der Waals surface area contributed by atoms with Gasteiger partial charge in [-0.05, 0) is 37.2 Å². The molecule has 1 aromatic rings. The van der Waals surface area contributed by atoms with E-state index >= 15 is 0 Å². The van der Waals surface area contributed by atoms with Crippen molar-refractivity contribution in [3.05, 3.63) is 35.9 Å². The molecule has 0 aromatic heterocycles. The average molecular weight is 257 g/mol. The van der Waals surface area contributed by atoms with Crippen LogP contribution in [-0.2, 0) is 6.42 Å². The quantitative estimate of drug-likeness (QED) is 0.880. The predicted octanol–water partition coefficient (Wildman–Crippen LogP) is 2.42. The maximum Gasteiger partial charge on any atom is 0.191 e. The van der Waals surface area contributed by atoms with Gasteiger partial charge in [-0.15, -0.1) is 0 Å². The molecule has 1 atom stereocenters. The topological polar surface area (TPSA) is 41.6 Å². The molecule has 0 bridgehead atoms. The van der Waals surface area contributed by atoms with Crippen molar-refractivity contribution in [1.29, 1.82) is 0 Å². The molecule has 1 aliphatic carbocycles. The molecule has 1 saturated carbocycles. The van der Waals surface area contributed by atoms with E-state index < -0.39 is 0 Å². The Morgan fingerprint density at radius 3 is 2.68 bits per heavy atom. The summed E-state index contributed by atoms with van der Waals surface area (Å²) in [6.45, 7) is 4.20. The fraction of sp³-hybridized carbons (Fsp3) is 0.562. The van der Waals surface area contributed by atoms with E-state index in [1.165, 1.54) is 18.4 Å². The highest BCUT2D eigenvalue weighted by Crippen LogP contribution is 2.36. The number of hydrogen-bond acceptors (Lipinski definition) is 3. The number of hydrogen-bond donors (Lipinski definition) is 1. The van der Waals surface area contributed by atoms with Crippen LogP contribution in [-0.4, -0.2) is 29.5 Å². The van der Waals surface area contributed by atoms with Crippen molar-refractivity contribution in [2.24, 2.45) is 16.6 Å². The van der Waals surface area contributed by atoms with Crippen molar-refractivity contribution in [1.82, 2.24) is 4.90 Å². The largest absolute Gasteiger partial charge is 0.370 e. The van der Waals surface area contributed by atoms with E-state index in [1.807, 2.05) is 0 Å². The number of nitrogens with two attached hydrogens (primary N) is 1. The second-order valence-corrected chi connectivity index (χ2v) is 5.97. The van der Waals surface area contributed by atoms with Crippen LogP contribution in [0.25, 0.3) is 0 Å². The van der Waals surface area contributed by atoms with Gasteiger partial charge in [0.15, 0.2) is 5.96 Å². The molecule has 2 aliphatic rings. The Morgan fingerprint density at radius 1 is 1.32 bits per heavy atom. The number of guanidine groups is 1. The van der Waals surface area contributed by atoms with Crippen LogP contribution in [0, 0.1) is 5.92 Å². The van der Waals surface area contributed by atoms with Crippen molar-refractivity contribution in [2.75, 3.05) is 13.1 Å². The summed E-state index contributed by atoms with van der Waals surface area (Å²) in [5.74, 6) is 1.60. The van der Waals surface area contributed by atoms with Crippen molar-refractivity contribution >= 4 is 5.96 Å². The standard InChI is InChI=1S/C16H23N3/c1-2-16(10-13-6-4-3-5-7-13)12-18-15(17)19(16)11-14-8-9-14/h3-7,14H,2,8-12H2,1H3,(H2,17,18). The first kappa shape index (κ1) is 12.5. The average Bonchev–Trinajstić information content (AvgIpc) is 3.21. The van der Waals surface area contributed by atoms with Gasteiger partial charge in [0.25, 0.3) is 0 Å². The van der Waals surface area contributed by atoms with E-state index in [2.05, 4.69) is 47.1 Å². The number of aliphatic imine (C=N–C) groups is 1. The monoisotopic (exact) mass is 257 g/mol. The first-order chi connectivity index (χ1) is 9.23. The summed E-state index contributed by atoms with van der Waals surface area (Å²) < 4.78 is 0. The molecule has 0 radical (unpaired) electrons. The molecule has 2 N–H and O–H groups in total. The van der Waals surface area contributed by atoms with Crippen LogP contribution in [0.2, 0.25) is 0 Å². The van der Waals surface area contributed by atoms with E-state index in [4.69, 9.17) is 5.73 Å². The van der Waals surface area contributed by atoms with Crippen LogP contribution in [0.15, 0.2) is 35.3 Å². The highest BCUT2D eigenvalue weighted by molar-refractivity contribution is 5.81. The third-order valence-corrected chi connectivity index (χ3v) is 4.56. The Hall–Kier alpha value is -1.51. The lowest BCUT2D eigenvalue weighted by Gasteiger charge is -2.39. The van der Waals surface area contributed by atoms with Crippen molar-refractivity contribution in [3.63, 3.8) is 0 Å². The first-order valence-electron chi connectivity index (χ1n) is 7.35. The minimum Gasteiger partial charge on any atom is -0.370 e. The highest BCUT2D eigenvalue weighted by atomic mass is 15.4. The van der Waals surface area contributed by atoms with Gasteiger partial charge in [0, 0.05) is 6.54 Å². The number of benzene rings is 1. The van der Waals surface area contributed by atoms with E-state index in [1.54, 1.807) is 0 Å². The van der Waals surface area contributed by atoms with Gasteiger partial charge in [0.05, 0.1) is 12.1 Å². The molecular weight excluding hydrogens is 234 g/mol. The SMILES string of the molecule is CCC1(Cc2ccccc2)CN=C(N)N1CC1CC1. The summed E-state index contributed by atoms with van der Waals surface area (Å²) in [6.07, 6.45) is 4.85. The van der Waals surface area contributed by atoms with Crippen LogP contribution in [0.1, 0.15) is 31.7 Å². The third-order valence-electron chi connectivity index (χ3n) is 4.56. The van der Waals surface area contributed by atoms with Gasteiger partial charge < -0.3 is 10.6 Å². The highest BCUT2D eigenvalue weighted by Gasteiger charge is 2.42. The second kappa shape index (κ2) is 4.87. The van der Waals surface area contributed by atoms with Gasteiger partial charge >= 0.3 is 0 Å². The van der Waals surface area contributed by atoms with Gasteiger partial charge in [-0.3, -0.25) is 4.99 Å². The Morgan fingerprint density at radius 2 is 2.05 bits per heavy atom. The lowest BCUT2D eigenvalue weighted by Crippen LogP contribution is -2.53. The Kier molecular flexibility index (Phi) is 3.21. The molecule has 1 fully saturated rings. The minimum absolute atomic E-state index is 0.105. The van der Waals surface area contributed by atoms with Crippen LogP contribution in [0.5, 0.6) is 0 Å². The number of nitrogens with zero attached hydrogens (tertiary/aromatic N) is 2. The summed E-state index contributed by atoms with van der Waals surface area (Å²) >= 11 is 0. The zero-order valence-corrected chi connectivity index (χ0v) is 11.7. The zero-order chi connectivity index (χ0) is 13.3. The molecule has 3 rings (SSSR count). The van der Waals surface area contributed by atoms with Gasteiger partial charge in [-0.1, -0.05) is 37.3 Å². The first-order valence-corrected chi connectivity index (χ1v) is 7.35. The maximum absolute atomic E-state index is 6.14. The smallest absolute Gasteiger partial charge is 0.191 e. The second-order valence-electron chi connectivity index (χ2n) is 5.97. The lowest BCUT2D eigenvalue weighted by molar-refractivity contribution is 0.185. The van der Waals surface area contributed by atoms with E-state index in [-0.39, 0.29) is 5.54 Å². The van der Waals surface area contributed by atoms with E-state index in [9.17, 15) is 0 Å². The van der Waals surface area contributed by atoms with Crippen molar-refractivity contribution < 1.29 is 0 Å². The fourth-order valence-electron chi connectivity index (χ4n) is 3.04. The Bertz CT molecular complexity index is 464. The molecular formula is C16H23N3. The summed E-state index contributed by atoms with van der Waals surface area (Å²) in [6, 6.07) is 10.7. The summed E-state index contributed by atoms with van der Waals surface area (Å²) in [4.78, 5) is 6.93. The predicted molar refractivity (Wildman–Crippen MR) is 79.1 cm³/mol. The van der Waals surface area contributed by atoms with E-state index in [0.29, 0.717) is 0 Å². The van der Waals surface area contributed by atoms with E-state index in [0.717, 1.165) is 37.8 Å². The van der Waals surface area contributed by atoms with Gasteiger partial charge in [0.2, 0.25) is 0 Å². The molecule has 19 heavy (non-hydrogen) atoms. The molecule has 1 aromatic carbocycles. The van der Waals surface area contributed by atoms with Crippen LogP contribution >= 0.6 is 0 Å². The van der Waals surface area contributed by atoms with Gasteiger partial charge in [0.1, 0.15) is 0 Å². The Balaban J connectivity index is 1.81. The molecule has 0 saturated heterocycles. The summed E-state index contributed by atoms with van der Waals surface area (Å²) in [7, 11) is 0. The van der Waals surface area contributed by atoms with Crippen LogP contribution in [0.4, 0.5) is 0 Å². The maximum atomic E-state index is 6.14. The summed E-state index contributed by atoms with van der Waals surface area (Å²) in [5, 5.41) is 0. The van der Waals surface area contributed by atoms with Crippen LogP contribution in [0.3, 0.4) is 0 Å². The zero-order valence-electron chi connectivity index (χ0n) is 11.7. The normalized spacial score (nSPS) is 26.6. The minimum atomic E-state index is 0.105. The van der Waals surface area contributed by atoms with Gasteiger partial charge in [-0.2, -0.15) is 0 Å². The molecule has 1 unspecified atom stereocenters. The molecule has 3 heteroatoms. The van der Waals surface area contributed by atoms with Crippen molar-refractivity contribution in [3.8, 4) is 0 Å². The molecule has 0 amide bonds. The van der Waals surface area contributed by atoms with Crippen molar-refractivity contribution in [2.45, 2.75) is 38.1 Å². The molecule has 1 heterocycles. The molecule has 1 aliphatic heterocycles. The Labute approximate surface area is 115 Å². The summed E-state index contributed by atoms with van der Waals surface area (Å²) in [5.41, 5.74) is 7.63. The lowest BCUT2D eigenvalue weighted by atomic mass is 9.87. The molecule has 3 nitrogen and oxygen atoms in total. The molecule has 0 spiro atoms. The van der Waals surface area contributed by atoms with Gasteiger partial charge in [-0.25, -0.2) is 0 Å².